The van der Waals surface area contributed by atoms with E-state index in [1.165, 1.54) is 12.8 Å². The summed E-state index contributed by atoms with van der Waals surface area (Å²) in [7, 11) is 2.11. The number of carboxylic acids is 1. The average Bonchev–Trinajstić information content (AvgIpc) is 3.01. The summed E-state index contributed by atoms with van der Waals surface area (Å²) in [5.41, 5.74) is 4.96. The van der Waals surface area contributed by atoms with E-state index in [0.29, 0.717) is 18.9 Å². The minimum atomic E-state index is -0.985. The van der Waals surface area contributed by atoms with Crippen molar-refractivity contribution in [1.29, 1.82) is 0 Å². The van der Waals surface area contributed by atoms with Crippen molar-refractivity contribution in [3.05, 3.63) is 0 Å². The Bertz CT molecular complexity index is 278. The van der Waals surface area contributed by atoms with Gasteiger partial charge in [0.15, 0.2) is 0 Å². The lowest BCUT2D eigenvalue weighted by Crippen LogP contribution is -2.55. The number of nitrogens with zero attached hydrogens (tertiary/aromatic N) is 1. The molecule has 0 saturated heterocycles. The van der Waals surface area contributed by atoms with Crippen molar-refractivity contribution in [2.24, 2.45) is 11.7 Å². The number of hydrogen-bond acceptors (Lipinski definition) is 3. The van der Waals surface area contributed by atoms with Crippen LogP contribution in [0.5, 0.6) is 0 Å². The van der Waals surface area contributed by atoms with E-state index >= 15 is 0 Å². The highest BCUT2D eigenvalue weighted by molar-refractivity contribution is 5.78. The van der Waals surface area contributed by atoms with Crippen LogP contribution in [0.2, 0.25) is 0 Å². The summed E-state index contributed by atoms with van der Waals surface area (Å²) < 4.78 is 0. The maximum Gasteiger partial charge on any atom is 0.323 e. The van der Waals surface area contributed by atoms with Crippen LogP contribution in [0, 0.1) is 5.92 Å². The SMILES string of the molecule is CN(CC1CC1)C1CCCC(N)(C(=O)O)C1. The summed E-state index contributed by atoms with van der Waals surface area (Å²) in [6.45, 7) is 1.11. The van der Waals surface area contributed by atoms with Crippen molar-refractivity contribution in [3.8, 4) is 0 Å². The molecule has 0 bridgehead atoms. The zero-order chi connectivity index (χ0) is 11.8. The molecule has 0 aliphatic heterocycles. The smallest absolute Gasteiger partial charge is 0.323 e. The maximum atomic E-state index is 11.1. The zero-order valence-corrected chi connectivity index (χ0v) is 9.98. The van der Waals surface area contributed by atoms with Crippen LogP contribution in [0.25, 0.3) is 0 Å². The van der Waals surface area contributed by atoms with Crippen LogP contribution in [-0.4, -0.2) is 41.1 Å². The van der Waals surface area contributed by atoms with Gasteiger partial charge in [0.05, 0.1) is 0 Å². The Morgan fingerprint density at radius 2 is 2.19 bits per heavy atom. The Morgan fingerprint density at radius 1 is 1.50 bits per heavy atom. The molecule has 2 aliphatic carbocycles. The molecular weight excluding hydrogens is 204 g/mol. The summed E-state index contributed by atoms with van der Waals surface area (Å²) in [5.74, 6) is 0.0148. The summed E-state index contributed by atoms with van der Waals surface area (Å²) in [6.07, 6.45) is 5.92. The molecule has 2 atom stereocenters. The Kier molecular flexibility index (Phi) is 3.22. The molecule has 92 valence electrons. The molecule has 4 heteroatoms. The fourth-order valence-electron chi connectivity index (χ4n) is 2.70. The Morgan fingerprint density at radius 3 is 2.75 bits per heavy atom. The minimum absolute atomic E-state index is 0.357. The average molecular weight is 226 g/mol. The predicted octanol–water partition coefficient (Wildman–Crippen LogP) is 1.05. The highest BCUT2D eigenvalue weighted by Gasteiger charge is 2.41. The van der Waals surface area contributed by atoms with E-state index in [4.69, 9.17) is 10.8 Å². The van der Waals surface area contributed by atoms with E-state index in [-0.39, 0.29) is 0 Å². The fourth-order valence-corrected chi connectivity index (χ4v) is 2.70. The maximum absolute atomic E-state index is 11.1. The lowest BCUT2D eigenvalue weighted by molar-refractivity contribution is -0.145. The monoisotopic (exact) mass is 226 g/mol. The van der Waals surface area contributed by atoms with Gasteiger partial charge in [-0.2, -0.15) is 0 Å². The largest absolute Gasteiger partial charge is 0.480 e. The predicted molar refractivity (Wildman–Crippen MR) is 62.2 cm³/mol. The number of carboxylic acid groups (broad SMARTS) is 1. The summed E-state index contributed by atoms with van der Waals surface area (Å²) in [4.78, 5) is 13.5. The molecule has 0 heterocycles. The van der Waals surface area contributed by atoms with Gasteiger partial charge in [-0.25, -0.2) is 0 Å². The molecule has 2 fully saturated rings. The Hall–Kier alpha value is -0.610. The second-order valence-electron chi connectivity index (χ2n) is 5.59. The molecule has 4 nitrogen and oxygen atoms in total. The van der Waals surface area contributed by atoms with Gasteiger partial charge >= 0.3 is 5.97 Å². The molecule has 0 spiro atoms. The van der Waals surface area contributed by atoms with Crippen molar-refractivity contribution in [2.75, 3.05) is 13.6 Å². The molecule has 16 heavy (non-hydrogen) atoms. The van der Waals surface area contributed by atoms with Crippen molar-refractivity contribution in [2.45, 2.75) is 50.1 Å². The zero-order valence-electron chi connectivity index (χ0n) is 9.98. The van der Waals surface area contributed by atoms with Crippen molar-refractivity contribution in [1.82, 2.24) is 4.90 Å². The molecule has 2 unspecified atom stereocenters. The van der Waals surface area contributed by atoms with E-state index in [2.05, 4.69) is 11.9 Å². The van der Waals surface area contributed by atoms with Gasteiger partial charge in [-0.05, 0) is 51.5 Å². The van der Waals surface area contributed by atoms with Gasteiger partial charge < -0.3 is 15.7 Å². The number of carbonyl (C=O) groups is 1. The molecule has 2 saturated carbocycles. The molecule has 0 radical (unpaired) electrons. The fraction of sp³-hybridized carbons (Fsp3) is 0.917. The molecule has 0 aromatic carbocycles. The standard InChI is InChI=1S/C12H22N2O2/c1-14(8-9-4-5-9)10-3-2-6-12(13,7-10)11(15)16/h9-10H,2-8,13H2,1H3,(H,15,16). The van der Waals surface area contributed by atoms with E-state index in [1.807, 2.05) is 0 Å². The molecule has 3 N–H and O–H groups in total. The molecular formula is C12H22N2O2. The quantitative estimate of drug-likeness (QED) is 0.752. The molecule has 2 rings (SSSR count). The van der Waals surface area contributed by atoms with E-state index < -0.39 is 11.5 Å². The third-order valence-corrected chi connectivity index (χ3v) is 4.05. The first kappa shape index (κ1) is 11.9. The van der Waals surface area contributed by atoms with Gasteiger partial charge in [0.25, 0.3) is 0 Å². The summed E-state index contributed by atoms with van der Waals surface area (Å²) in [5, 5.41) is 9.15. The highest BCUT2D eigenvalue weighted by Crippen LogP contribution is 2.33. The molecule has 0 aromatic rings. The summed E-state index contributed by atoms with van der Waals surface area (Å²) in [6, 6.07) is 0.357. The van der Waals surface area contributed by atoms with Crippen molar-refractivity contribution < 1.29 is 9.90 Å². The molecule has 0 amide bonds. The highest BCUT2D eigenvalue weighted by atomic mass is 16.4. The Balaban J connectivity index is 1.92. The second-order valence-corrected chi connectivity index (χ2v) is 5.59. The van der Waals surface area contributed by atoms with E-state index in [9.17, 15) is 4.79 Å². The lowest BCUT2D eigenvalue weighted by atomic mass is 9.79. The minimum Gasteiger partial charge on any atom is -0.480 e. The lowest BCUT2D eigenvalue weighted by Gasteiger charge is -2.39. The van der Waals surface area contributed by atoms with Gasteiger partial charge in [-0.1, -0.05) is 0 Å². The van der Waals surface area contributed by atoms with E-state index in [1.54, 1.807) is 0 Å². The van der Waals surface area contributed by atoms with Crippen LogP contribution in [0.4, 0.5) is 0 Å². The van der Waals surface area contributed by atoms with Crippen LogP contribution in [0.1, 0.15) is 38.5 Å². The van der Waals surface area contributed by atoms with Gasteiger partial charge in [0.1, 0.15) is 5.54 Å². The normalized spacial score (nSPS) is 35.3. The topological polar surface area (TPSA) is 66.6 Å². The summed E-state index contributed by atoms with van der Waals surface area (Å²) >= 11 is 0. The van der Waals surface area contributed by atoms with Crippen molar-refractivity contribution >= 4 is 5.97 Å². The number of hydrogen-bond donors (Lipinski definition) is 2. The van der Waals surface area contributed by atoms with Crippen molar-refractivity contribution in [3.63, 3.8) is 0 Å². The van der Waals surface area contributed by atoms with Gasteiger partial charge in [0, 0.05) is 12.6 Å². The first-order valence-electron chi connectivity index (χ1n) is 6.24. The van der Waals surface area contributed by atoms with Crippen LogP contribution in [0.15, 0.2) is 0 Å². The van der Waals surface area contributed by atoms with E-state index in [0.717, 1.165) is 25.3 Å². The second kappa shape index (κ2) is 4.34. The third kappa shape index (κ3) is 2.55. The molecule has 0 aromatic heterocycles. The Labute approximate surface area is 96.8 Å². The molecule has 2 aliphatic rings. The van der Waals surface area contributed by atoms with Gasteiger partial charge in [-0.15, -0.1) is 0 Å². The third-order valence-electron chi connectivity index (χ3n) is 4.05. The van der Waals surface area contributed by atoms with Gasteiger partial charge in [0.2, 0.25) is 0 Å². The van der Waals surface area contributed by atoms with Crippen LogP contribution >= 0.6 is 0 Å². The number of nitrogens with two attached hydrogens (primary N) is 1. The number of aliphatic carboxylic acids is 1. The van der Waals surface area contributed by atoms with Crippen LogP contribution in [-0.2, 0) is 4.79 Å². The first-order valence-corrected chi connectivity index (χ1v) is 6.24. The number of rotatable bonds is 4. The van der Waals surface area contributed by atoms with Crippen LogP contribution in [0.3, 0.4) is 0 Å². The van der Waals surface area contributed by atoms with Gasteiger partial charge in [-0.3, -0.25) is 4.79 Å². The first-order chi connectivity index (χ1) is 7.51. The van der Waals surface area contributed by atoms with Crippen LogP contribution < -0.4 is 5.73 Å².